The largest absolute Gasteiger partial charge is 0.317 e. The maximum absolute atomic E-state index is 11.0. The van der Waals surface area contributed by atoms with Gasteiger partial charge in [-0.15, -0.1) is 12.4 Å². The summed E-state index contributed by atoms with van der Waals surface area (Å²) in [6.07, 6.45) is 3.21. The van der Waals surface area contributed by atoms with Gasteiger partial charge in [-0.05, 0) is 25.9 Å². The number of hydrogen-bond donors (Lipinski definition) is 1. The minimum absolute atomic E-state index is 0. The molecule has 0 unspecified atom stereocenters. The standard InChI is InChI=1S/C9H16N2O.ClH/c12-9-3-6-11(7-9)8-1-4-10-5-2-8;/h8,10H,1-7H2;1H. The molecule has 0 aromatic carbocycles. The van der Waals surface area contributed by atoms with E-state index in [1.54, 1.807) is 0 Å². The third kappa shape index (κ3) is 2.66. The SMILES string of the molecule is Cl.O=C1CCN(C2CCNCC2)C1. The van der Waals surface area contributed by atoms with Crippen molar-refractivity contribution in [2.45, 2.75) is 25.3 Å². The number of nitrogens with one attached hydrogen (secondary N) is 1. The van der Waals surface area contributed by atoms with Crippen molar-refractivity contribution in [1.29, 1.82) is 0 Å². The summed E-state index contributed by atoms with van der Waals surface area (Å²) in [6.45, 7) is 3.96. The summed E-state index contributed by atoms with van der Waals surface area (Å²) in [7, 11) is 0. The van der Waals surface area contributed by atoms with E-state index in [9.17, 15) is 4.79 Å². The van der Waals surface area contributed by atoms with E-state index in [1.165, 1.54) is 12.8 Å². The fourth-order valence-corrected chi connectivity index (χ4v) is 2.14. The number of ketones is 1. The first kappa shape index (κ1) is 11.0. The Labute approximate surface area is 85.3 Å². The molecule has 13 heavy (non-hydrogen) atoms. The number of likely N-dealkylation sites (tertiary alicyclic amines) is 1. The Balaban J connectivity index is 0.000000845. The van der Waals surface area contributed by atoms with Crippen LogP contribution in [0.15, 0.2) is 0 Å². The van der Waals surface area contributed by atoms with Crippen molar-refractivity contribution in [2.75, 3.05) is 26.2 Å². The topological polar surface area (TPSA) is 32.3 Å². The highest BCUT2D eigenvalue weighted by atomic mass is 35.5. The van der Waals surface area contributed by atoms with Gasteiger partial charge in [0.1, 0.15) is 5.78 Å². The third-order valence-corrected chi connectivity index (χ3v) is 2.88. The Morgan fingerprint density at radius 3 is 2.54 bits per heavy atom. The average molecular weight is 205 g/mol. The predicted octanol–water partition coefficient (Wildman–Crippen LogP) is 0.435. The quantitative estimate of drug-likeness (QED) is 0.673. The second-order valence-corrected chi connectivity index (χ2v) is 3.74. The van der Waals surface area contributed by atoms with E-state index in [-0.39, 0.29) is 12.4 Å². The Morgan fingerprint density at radius 2 is 2.00 bits per heavy atom. The van der Waals surface area contributed by atoms with Crippen LogP contribution < -0.4 is 5.32 Å². The van der Waals surface area contributed by atoms with Crippen molar-refractivity contribution < 1.29 is 4.79 Å². The highest BCUT2D eigenvalue weighted by molar-refractivity contribution is 5.85. The second kappa shape index (κ2) is 4.94. The van der Waals surface area contributed by atoms with Crippen LogP contribution in [0.3, 0.4) is 0 Å². The van der Waals surface area contributed by atoms with Crippen molar-refractivity contribution in [3.8, 4) is 0 Å². The lowest BCUT2D eigenvalue weighted by atomic mass is 10.1. The number of nitrogens with zero attached hydrogens (tertiary/aromatic N) is 1. The normalized spacial score (nSPS) is 26.0. The van der Waals surface area contributed by atoms with Gasteiger partial charge in [-0.1, -0.05) is 0 Å². The predicted molar refractivity (Wildman–Crippen MR) is 54.3 cm³/mol. The Morgan fingerprint density at radius 1 is 1.31 bits per heavy atom. The van der Waals surface area contributed by atoms with E-state index < -0.39 is 0 Å². The van der Waals surface area contributed by atoms with Gasteiger partial charge in [0, 0.05) is 19.0 Å². The smallest absolute Gasteiger partial charge is 0.148 e. The lowest BCUT2D eigenvalue weighted by Gasteiger charge is -2.30. The van der Waals surface area contributed by atoms with Crippen LogP contribution in [0.4, 0.5) is 0 Å². The van der Waals surface area contributed by atoms with Crippen LogP contribution in [0, 0.1) is 0 Å². The molecule has 2 fully saturated rings. The molecule has 0 radical (unpaired) electrons. The van der Waals surface area contributed by atoms with E-state index in [4.69, 9.17) is 0 Å². The van der Waals surface area contributed by atoms with Gasteiger partial charge in [-0.3, -0.25) is 9.69 Å². The lowest BCUT2D eigenvalue weighted by molar-refractivity contribution is -0.117. The molecular weight excluding hydrogens is 188 g/mol. The van der Waals surface area contributed by atoms with Crippen molar-refractivity contribution in [2.24, 2.45) is 0 Å². The van der Waals surface area contributed by atoms with Crippen LogP contribution in [0.1, 0.15) is 19.3 Å². The summed E-state index contributed by atoms with van der Waals surface area (Å²) >= 11 is 0. The van der Waals surface area contributed by atoms with Crippen molar-refractivity contribution in [3.63, 3.8) is 0 Å². The minimum atomic E-state index is 0. The number of carbonyl (C=O) groups is 1. The summed E-state index contributed by atoms with van der Waals surface area (Å²) in [4.78, 5) is 13.4. The first-order valence-electron chi connectivity index (χ1n) is 4.83. The Hall–Kier alpha value is -0.120. The van der Waals surface area contributed by atoms with Gasteiger partial charge in [-0.2, -0.15) is 0 Å². The number of hydrogen-bond acceptors (Lipinski definition) is 3. The van der Waals surface area contributed by atoms with E-state index in [2.05, 4.69) is 10.2 Å². The van der Waals surface area contributed by atoms with Crippen LogP contribution >= 0.6 is 12.4 Å². The van der Waals surface area contributed by atoms with Gasteiger partial charge in [0.15, 0.2) is 0 Å². The first-order chi connectivity index (χ1) is 5.86. The molecule has 0 atom stereocenters. The summed E-state index contributed by atoms with van der Waals surface area (Å²) in [5.41, 5.74) is 0. The molecule has 4 heteroatoms. The maximum Gasteiger partial charge on any atom is 0.148 e. The highest BCUT2D eigenvalue weighted by Crippen LogP contribution is 2.16. The van der Waals surface area contributed by atoms with Crippen molar-refractivity contribution >= 4 is 18.2 Å². The number of rotatable bonds is 1. The molecule has 0 aromatic rings. The first-order valence-corrected chi connectivity index (χ1v) is 4.83. The monoisotopic (exact) mass is 204 g/mol. The molecule has 2 heterocycles. The molecule has 0 amide bonds. The third-order valence-electron chi connectivity index (χ3n) is 2.88. The zero-order valence-corrected chi connectivity index (χ0v) is 8.61. The molecule has 0 spiro atoms. The number of piperidine rings is 1. The molecule has 0 bridgehead atoms. The molecule has 1 N–H and O–H groups in total. The molecular formula is C9H17ClN2O. The fourth-order valence-electron chi connectivity index (χ4n) is 2.14. The van der Waals surface area contributed by atoms with Crippen LogP contribution in [0.2, 0.25) is 0 Å². The van der Waals surface area contributed by atoms with Crippen molar-refractivity contribution in [3.05, 3.63) is 0 Å². The Bertz CT molecular complexity index is 180. The zero-order valence-electron chi connectivity index (χ0n) is 7.79. The van der Waals surface area contributed by atoms with Crippen LogP contribution in [-0.4, -0.2) is 42.9 Å². The second-order valence-electron chi connectivity index (χ2n) is 3.74. The molecule has 2 rings (SSSR count). The molecule has 3 nitrogen and oxygen atoms in total. The van der Waals surface area contributed by atoms with E-state index in [0.717, 1.165) is 26.1 Å². The summed E-state index contributed by atoms with van der Waals surface area (Å²) in [6, 6.07) is 0.678. The summed E-state index contributed by atoms with van der Waals surface area (Å²) in [5.74, 6) is 0.425. The van der Waals surface area contributed by atoms with Crippen LogP contribution in [0.5, 0.6) is 0 Å². The van der Waals surface area contributed by atoms with Gasteiger partial charge in [-0.25, -0.2) is 0 Å². The molecule has 76 valence electrons. The molecule has 2 aliphatic rings. The molecule has 2 aliphatic heterocycles. The average Bonchev–Trinajstić information content (AvgIpc) is 2.54. The number of Topliss-reactive ketones (excluding diaryl/α,β-unsaturated/α-hetero) is 1. The fraction of sp³-hybridized carbons (Fsp3) is 0.889. The van der Waals surface area contributed by atoms with E-state index in [1.807, 2.05) is 0 Å². The highest BCUT2D eigenvalue weighted by Gasteiger charge is 2.27. The zero-order chi connectivity index (χ0) is 8.39. The van der Waals surface area contributed by atoms with Gasteiger partial charge >= 0.3 is 0 Å². The van der Waals surface area contributed by atoms with E-state index >= 15 is 0 Å². The maximum atomic E-state index is 11.0. The van der Waals surface area contributed by atoms with Crippen LogP contribution in [0.25, 0.3) is 0 Å². The Kier molecular flexibility index (Phi) is 4.16. The number of carbonyl (C=O) groups excluding carboxylic acids is 1. The molecule has 0 aliphatic carbocycles. The summed E-state index contributed by atoms with van der Waals surface area (Å²) < 4.78 is 0. The summed E-state index contributed by atoms with van der Waals surface area (Å²) in [5, 5.41) is 3.34. The van der Waals surface area contributed by atoms with Crippen molar-refractivity contribution in [1.82, 2.24) is 10.2 Å². The molecule has 0 aromatic heterocycles. The van der Waals surface area contributed by atoms with Gasteiger partial charge < -0.3 is 5.32 Å². The lowest BCUT2D eigenvalue weighted by Crippen LogP contribution is -2.42. The minimum Gasteiger partial charge on any atom is -0.317 e. The van der Waals surface area contributed by atoms with Gasteiger partial charge in [0.2, 0.25) is 0 Å². The molecule has 2 saturated heterocycles. The number of halogens is 1. The van der Waals surface area contributed by atoms with Gasteiger partial charge in [0.25, 0.3) is 0 Å². The van der Waals surface area contributed by atoms with E-state index in [0.29, 0.717) is 18.4 Å². The van der Waals surface area contributed by atoms with Gasteiger partial charge in [0.05, 0.1) is 6.54 Å². The molecule has 0 saturated carbocycles. The van der Waals surface area contributed by atoms with Crippen LogP contribution in [-0.2, 0) is 4.79 Å².